The third kappa shape index (κ3) is 3.22. The summed E-state index contributed by atoms with van der Waals surface area (Å²) in [5.41, 5.74) is 2.57. The lowest BCUT2D eigenvalue weighted by Gasteiger charge is -2.02. The zero-order chi connectivity index (χ0) is 11.4. The summed E-state index contributed by atoms with van der Waals surface area (Å²) >= 11 is 7.38. The predicted molar refractivity (Wildman–Crippen MR) is 67.8 cm³/mol. The summed E-state index contributed by atoms with van der Waals surface area (Å²) < 4.78 is 0. The molecule has 0 saturated carbocycles. The second kappa shape index (κ2) is 5.32. The number of nitrogens with zero attached hydrogens (tertiary/aromatic N) is 2. The monoisotopic (exact) mass is 250 g/mol. The average molecular weight is 251 g/mol. The highest BCUT2D eigenvalue weighted by Crippen LogP contribution is 2.21. The molecule has 1 aromatic carbocycles. The number of thioether (sulfide) groups is 1. The van der Waals surface area contributed by atoms with Crippen molar-refractivity contribution in [1.82, 2.24) is 9.97 Å². The topological polar surface area (TPSA) is 25.8 Å². The van der Waals surface area contributed by atoms with Crippen LogP contribution >= 0.6 is 23.4 Å². The van der Waals surface area contributed by atoms with Gasteiger partial charge in [-0.3, -0.25) is 0 Å². The van der Waals surface area contributed by atoms with Crippen LogP contribution in [0, 0.1) is 6.92 Å². The summed E-state index contributed by atoms with van der Waals surface area (Å²) in [7, 11) is 0. The van der Waals surface area contributed by atoms with Crippen LogP contribution in [0.25, 0.3) is 0 Å². The smallest absolute Gasteiger partial charge is 0.223 e. The number of hydrogen-bond acceptors (Lipinski definition) is 3. The van der Waals surface area contributed by atoms with Gasteiger partial charge in [-0.05, 0) is 30.2 Å². The van der Waals surface area contributed by atoms with Crippen LogP contribution in [-0.2, 0) is 5.75 Å². The first-order valence-corrected chi connectivity index (χ1v) is 6.27. The Kier molecular flexibility index (Phi) is 3.80. The van der Waals surface area contributed by atoms with Crippen molar-refractivity contribution in [1.29, 1.82) is 0 Å². The summed E-state index contributed by atoms with van der Waals surface area (Å²) in [6.07, 6.45) is 1.67. The second-order valence-corrected chi connectivity index (χ2v) is 4.78. The molecule has 0 bridgehead atoms. The van der Waals surface area contributed by atoms with Crippen LogP contribution in [0.3, 0.4) is 0 Å². The van der Waals surface area contributed by atoms with Crippen molar-refractivity contribution in [3.8, 4) is 0 Å². The summed E-state index contributed by atoms with van der Waals surface area (Å²) in [6, 6.07) is 10.3. The molecule has 1 aromatic heterocycles. The van der Waals surface area contributed by atoms with Gasteiger partial charge in [0.2, 0.25) is 5.28 Å². The van der Waals surface area contributed by atoms with Gasteiger partial charge in [-0.1, -0.05) is 29.8 Å². The van der Waals surface area contributed by atoms with E-state index < -0.39 is 0 Å². The van der Waals surface area contributed by atoms with E-state index in [9.17, 15) is 0 Å². The van der Waals surface area contributed by atoms with Gasteiger partial charge >= 0.3 is 0 Å². The molecule has 2 rings (SSSR count). The normalized spacial score (nSPS) is 10.4. The minimum absolute atomic E-state index is 0.300. The molecule has 0 aliphatic rings. The van der Waals surface area contributed by atoms with Crippen molar-refractivity contribution in [2.45, 2.75) is 17.7 Å². The third-order valence-electron chi connectivity index (χ3n) is 2.07. The number of halogens is 1. The van der Waals surface area contributed by atoms with E-state index in [4.69, 9.17) is 11.6 Å². The largest absolute Gasteiger partial charge is 0.226 e. The molecule has 4 heteroatoms. The summed E-state index contributed by atoms with van der Waals surface area (Å²) in [5.74, 6) is 0.898. The molecule has 2 aromatic rings. The van der Waals surface area contributed by atoms with E-state index in [1.54, 1.807) is 18.0 Å². The highest BCUT2D eigenvalue weighted by Gasteiger charge is 1.99. The molecule has 0 radical (unpaired) electrons. The predicted octanol–water partition coefficient (Wildman–Crippen LogP) is 3.73. The van der Waals surface area contributed by atoms with Crippen LogP contribution in [-0.4, -0.2) is 9.97 Å². The molecule has 0 spiro atoms. The molecule has 0 atom stereocenters. The molecular formula is C12H11ClN2S. The second-order valence-electron chi connectivity index (χ2n) is 3.44. The lowest BCUT2D eigenvalue weighted by molar-refractivity contribution is 1.05. The first kappa shape index (κ1) is 11.4. The molecular weight excluding hydrogens is 240 g/mol. The van der Waals surface area contributed by atoms with Crippen molar-refractivity contribution < 1.29 is 0 Å². The zero-order valence-corrected chi connectivity index (χ0v) is 10.4. The number of benzene rings is 1. The van der Waals surface area contributed by atoms with Gasteiger partial charge < -0.3 is 0 Å². The molecule has 16 heavy (non-hydrogen) atoms. The Hall–Kier alpha value is -1.06. The third-order valence-corrected chi connectivity index (χ3v) is 3.25. The fourth-order valence-electron chi connectivity index (χ4n) is 1.36. The average Bonchev–Trinajstić information content (AvgIpc) is 2.27. The standard InChI is InChI=1S/C12H11ClN2S/c1-9-3-2-4-10(7-9)8-16-11-5-6-14-12(13)15-11/h2-7H,8H2,1H3. The van der Waals surface area contributed by atoms with E-state index in [2.05, 4.69) is 41.2 Å². The quantitative estimate of drug-likeness (QED) is 0.472. The lowest BCUT2D eigenvalue weighted by atomic mass is 10.2. The van der Waals surface area contributed by atoms with Gasteiger partial charge in [0.05, 0.1) is 0 Å². The van der Waals surface area contributed by atoms with E-state index in [1.807, 2.05) is 6.07 Å². The maximum Gasteiger partial charge on any atom is 0.223 e. The van der Waals surface area contributed by atoms with E-state index in [1.165, 1.54) is 11.1 Å². The van der Waals surface area contributed by atoms with Crippen LogP contribution in [0.15, 0.2) is 41.6 Å². The first-order chi connectivity index (χ1) is 7.74. The Morgan fingerprint density at radius 2 is 2.19 bits per heavy atom. The summed E-state index contributed by atoms with van der Waals surface area (Å²) in [6.45, 7) is 2.09. The van der Waals surface area contributed by atoms with Gasteiger partial charge in [0.15, 0.2) is 0 Å². The van der Waals surface area contributed by atoms with Gasteiger partial charge in [0.1, 0.15) is 5.03 Å². The van der Waals surface area contributed by atoms with Gasteiger partial charge in [-0.2, -0.15) is 0 Å². The van der Waals surface area contributed by atoms with Crippen LogP contribution < -0.4 is 0 Å². The molecule has 0 fully saturated rings. The van der Waals surface area contributed by atoms with Crippen molar-refractivity contribution >= 4 is 23.4 Å². The van der Waals surface area contributed by atoms with Crippen molar-refractivity contribution in [2.24, 2.45) is 0 Å². The molecule has 0 saturated heterocycles. The summed E-state index contributed by atoms with van der Waals surface area (Å²) in [4.78, 5) is 7.98. The molecule has 0 aliphatic carbocycles. The maximum atomic E-state index is 5.72. The highest BCUT2D eigenvalue weighted by atomic mass is 35.5. The van der Waals surface area contributed by atoms with E-state index in [-0.39, 0.29) is 0 Å². The lowest BCUT2D eigenvalue weighted by Crippen LogP contribution is -1.86. The number of aromatic nitrogens is 2. The van der Waals surface area contributed by atoms with Crippen molar-refractivity contribution in [2.75, 3.05) is 0 Å². The minimum Gasteiger partial charge on any atom is -0.226 e. The van der Waals surface area contributed by atoms with Crippen LogP contribution in [0.2, 0.25) is 5.28 Å². The van der Waals surface area contributed by atoms with E-state index in [0.29, 0.717) is 5.28 Å². The van der Waals surface area contributed by atoms with Gasteiger partial charge in [-0.25, -0.2) is 9.97 Å². The first-order valence-electron chi connectivity index (χ1n) is 4.91. The highest BCUT2D eigenvalue weighted by molar-refractivity contribution is 7.98. The van der Waals surface area contributed by atoms with Gasteiger partial charge in [-0.15, -0.1) is 11.8 Å². The molecule has 82 valence electrons. The van der Waals surface area contributed by atoms with Gasteiger partial charge in [0.25, 0.3) is 0 Å². The molecule has 2 nitrogen and oxygen atoms in total. The Bertz CT molecular complexity index is 442. The van der Waals surface area contributed by atoms with Crippen molar-refractivity contribution in [3.63, 3.8) is 0 Å². The molecule has 0 aliphatic heterocycles. The number of aryl methyl sites for hydroxylation is 1. The van der Waals surface area contributed by atoms with E-state index >= 15 is 0 Å². The molecule has 0 amide bonds. The molecule has 0 unspecified atom stereocenters. The minimum atomic E-state index is 0.300. The zero-order valence-electron chi connectivity index (χ0n) is 8.85. The number of rotatable bonds is 3. The van der Waals surface area contributed by atoms with Crippen LogP contribution in [0.4, 0.5) is 0 Å². The van der Waals surface area contributed by atoms with E-state index in [0.717, 1.165) is 10.8 Å². The van der Waals surface area contributed by atoms with Crippen molar-refractivity contribution in [3.05, 3.63) is 52.9 Å². The maximum absolute atomic E-state index is 5.72. The van der Waals surface area contributed by atoms with Crippen LogP contribution in [0.5, 0.6) is 0 Å². The number of hydrogen-bond donors (Lipinski definition) is 0. The molecule has 1 heterocycles. The molecule has 0 N–H and O–H groups in total. The Morgan fingerprint density at radius 3 is 2.94 bits per heavy atom. The Morgan fingerprint density at radius 1 is 1.31 bits per heavy atom. The SMILES string of the molecule is Cc1cccc(CSc2ccnc(Cl)n2)c1. The van der Waals surface area contributed by atoms with Gasteiger partial charge in [0, 0.05) is 11.9 Å². The van der Waals surface area contributed by atoms with Crippen LogP contribution in [0.1, 0.15) is 11.1 Å². The fraction of sp³-hybridized carbons (Fsp3) is 0.167. The Balaban J connectivity index is 2.02. The Labute approximate surface area is 104 Å². The summed E-state index contributed by atoms with van der Waals surface area (Å²) in [5, 5.41) is 1.20. The fourth-order valence-corrected chi connectivity index (χ4v) is 2.36.